The van der Waals surface area contributed by atoms with Gasteiger partial charge in [-0.2, -0.15) is 0 Å². The molecular formula is C23H26N2O8S2Te. The zero-order valence-corrected chi connectivity index (χ0v) is 23.6. The van der Waals surface area contributed by atoms with Crippen molar-refractivity contribution < 1.29 is 38.4 Å². The number of carbonyl (C=O) groups excluding carboxylic acids is 1. The van der Waals surface area contributed by atoms with Crippen molar-refractivity contribution >= 4 is 70.4 Å². The van der Waals surface area contributed by atoms with Gasteiger partial charge >= 0.3 is 229 Å². The Morgan fingerprint density at radius 3 is 2.22 bits per heavy atom. The molecule has 0 aliphatic carbocycles. The van der Waals surface area contributed by atoms with Crippen molar-refractivity contribution in [2.45, 2.75) is 0 Å². The molecule has 1 N–H and O–H groups in total. The van der Waals surface area contributed by atoms with Gasteiger partial charge in [0.2, 0.25) is 0 Å². The third-order valence-corrected chi connectivity index (χ3v) is 10.0. The number of rotatable bonds is 3. The van der Waals surface area contributed by atoms with Gasteiger partial charge in [-0.3, -0.25) is 0 Å². The van der Waals surface area contributed by atoms with E-state index in [1.54, 1.807) is 6.08 Å². The zero-order valence-electron chi connectivity index (χ0n) is 19.6. The van der Waals surface area contributed by atoms with Crippen LogP contribution in [0.2, 0.25) is 0 Å². The topological polar surface area (TPSA) is 107 Å². The van der Waals surface area contributed by atoms with Crippen LogP contribution in [0.5, 0.6) is 11.5 Å². The van der Waals surface area contributed by atoms with Crippen LogP contribution < -0.4 is 18.0 Å². The normalized spacial score (nSPS) is 22.0. The number of hydrogen-bond donors (Lipinski definition) is 1. The number of fused-ring (bicyclic) bond motifs is 2. The fourth-order valence-electron chi connectivity index (χ4n) is 3.44. The molecule has 0 atom stereocenters. The van der Waals surface area contributed by atoms with Crippen LogP contribution in [0.3, 0.4) is 0 Å². The molecule has 1 aromatic rings. The predicted octanol–water partition coefficient (Wildman–Crippen LogP) is 1.59. The molecule has 194 valence electrons. The number of ether oxygens (including phenoxy) is 5. The van der Waals surface area contributed by atoms with Crippen molar-refractivity contribution in [3.05, 3.63) is 32.9 Å². The van der Waals surface area contributed by atoms with E-state index in [-0.39, 0.29) is 10.2 Å². The summed E-state index contributed by atoms with van der Waals surface area (Å²) in [5, 5.41) is 8.64. The number of thioether (sulfide) groups is 1. The molecule has 0 saturated carbocycles. The van der Waals surface area contributed by atoms with E-state index in [2.05, 4.69) is 4.90 Å². The fraction of sp³-hybridized carbons (Fsp3) is 0.435. The zero-order chi connectivity index (χ0) is 25.5. The standard InChI is InChI=1S/C23H26N2O8S2Te/c1-24-15-12-16-17(33-11-9-31-7-5-29-4-6-30-8-10-32-16)13-19(15)36-20(24)3-2-18-22(34)25(14-21(26)27)23(28)35-18/h2-3,12-13H,4-11,14H2,1H3,(H,26,27)/b18-2+,20-3+. The average molecular weight is 650 g/mol. The maximum absolute atomic E-state index is 12.1. The fourth-order valence-corrected chi connectivity index (χ4v) is 7.66. The monoisotopic (exact) mass is 652 g/mol. The Kier molecular flexibility index (Phi) is 9.89. The van der Waals surface area contributed by atoms with Crippen molar-refractivity contribution in [1.82, 2.24) is 4.90 Å². The molecule has 0 radical (unpaired) electrons. The second-order valence-corrected chi connectivity index (χ2v) is 12.1. The van der Waals surface area contributed by atoms with Gasteiger partial charge in [-0.05, 0) is 0 Å². The molecule has 0 aromatic heterocycles. The Morgan fingerprint density at radius 2 is 1.61 bits per heavy atom. The van der Waals surface area contributed by atoms with E-state index in [1.165, 1.54) is 3.61 Å². The number of benzene rings is 1. The van der Waals surface area contributed by atoms with E-state index in [9.17, 15) is 9.59 Å². The summed E-state index contributed by atoms with van der Waals surface area (Å²) < 4.78 is 30.9. The van der Waals surface area contributed by atoms with Gasteiger partial charge in [-0.1, -0.05) is 0 Å². The maximum atomic E-state index is 12.1. The van der Waals surface area contributed by atoms with Crippen molar-refractivity contribution in [1.29, 1.82) is 0 Å². The van der Waals surface area contributed by atoms with Crippen molar-refractivity contribution in [3.63, 3.8) is 0 Å². The van der Waals surface area contributed by atoms with Gasteiger partial charge in [0, 0.05) is 0 Å². The van der Waals surface area contributed by atoms with Crippen LogP contribution in [0.4, 0.5) is 10.5 Å². The first-order valence-electron chi connectivity index (χ1n) is 11.2. The molecule has 0 spiro atoms. The first-order valence-corrected chi connectivity index (χ1v) is 14.8. The van der Waals surface area contributed by atoms with Gasteiger partial charge in [0.05, 0.1) is 0 Å². The van der Waals surface area contributed by atoms with Crippen LogP contribution in [0.25, 0.3) is 0 Å². The third kappa shape index (κ3) is 6.92. The molecule has 1 amide bonds. The van der Waals surface area contributed by atoms with Gasteiger partial charge in [0.15, 0.2) is 0 Å². The van der Waals surface area contributed by atoms with E-state index >= 15 is 0 Å². The molecule has 1 fully saturated rings. The van der Waals surface area contributed by atoms with Crippen molar-refractivity contribution in [2.75, 3.05) is 71.3 Å². The number of hydrogen-bond acceptors (Lipinski definition) is 10. The summed E-state index contributed by atoms with van der Waals surface area (Å²) in [7, 11) is 1.99. The molecule has 1 saturated heterocycles. The SMILES string of the molecule is CN1/C(=C\C=C2\SC(=O)N(CC(=O)O)C2=S)[Te]c2cc3c(cc21)OCCOCCOCCOCCO3. The van der Waals surface area contributed by atoms with Gasteiger partial charge in [0.25, 0.3) is 0 Å². The number of carboxylic acid groups (broad SMARTS) is 1. The second-order valence-electron chi connectivity index (χ2n) is 7.65. The summed E-state index contributed by atoms with van der Waals surface area (Å²) in [5.41, 5.74) is 1.04. The molecule has 10 nitrogen and oxygen atoms in total. The Balaban J connectivity index is 1.50. The number of nitrogens with zero attached hydrogens (tertiary/aromatic N) is 2. The summed E-state index contributed by atoms with van der Waals surface area (Å²) in [5.74, 6) is 0.212. The number of aliphatic carboxylic acids is 1. The third-order valence-electron chi connectivity index (χ3n) is 5.19. The van der Waals surface area contributed by atoms with Crippen LogP contribution in [0.1, 0.15) is 0 Å². The number of anilines is 1. The van der Waals surface area contributed by atoms with Crippen LogP contribution in [0.15, 0.2) is 32.9 Å². The van der Waals surface area contributed by atoms with E-state index < -0.39 is 33.4 Å². The Labute approximate surface area is 228 Å². The van der Waals surface area contributed by atoms with Crippen molar-refractivity contribution in [3.8, 4) is 11.5 Å². The minimum atomic E-state index is -1.10. The summed E-state index contributed by atoms with van der Waals surface area (Å²) in [6.07, 6.45) is 3.75. The van der Waals surface area contributed by atoms with Crippen LogP contribution >= 0.6 is 24.0 Å². The summed E-state index contributed by atoms with van der Waals surface area (Å²) in [4.78, 5) is 27.2. The summed E-state index contributed by atoms with van der Waals surface area (Å²) in [6.45, 7) is 3.25. The molecule has 3 heterocycles. The molecule has 0 bridgehead atoms. The molecule has 3 aliphatic heterocycles. The predicted molar refractivity (Wildman–Crippen MR) is 140 cm³/mol. The Bertz CT molecular complexity index is 1080. The molecule has 0 unspecified atom stereocenters. The number of amides is 1. The number of thiocarbonyl (C=S) groups is 1. The van der Waals surface area contributed by atoms with Gasteiger partial charge in [-0.15, -0.1) is 0 Å². The van der Waals surface area contributed by atoms with E-state index in [1.807, 2.05) is 25.3 Å². The van der Waals surface area contributed by atoms with Gasteiger partial charge < -0.3 is 0 Å². The van der Waals surface area contributed by atoms with Gasteiger partial charge in [0.1, 0.15) is 0 Å². The number of carboxylic acids is 1. The second kappa shape index (κ2) is 13.1. The molecule has 36 heavy (non-hydrogen) atoms. The Hall–Kier alpha value is -1.85. The van der Waals surface area contributed by atoms with Crippen LogP contribution in [-0.2, 0) is 19.0 Å². The Morgan fingerprint density at radius 1 is 1.03 bits per heavy atom. The molecule has 3 aliphatic rings. The molecule has 1 aromatic carbocycles. The minimum absolute atomic E-state index is 0.241. The average Bonchev–Trinajstić information content (AvgIpc) is 3.29. The first kappa shape index (κ1) is 27.2. The van der Waals surface area contributed by atoms with Crippen molar-refractivity contribution in [2.24, 2.45) is 0 Å². The molecule has 4 rings (SSSR count). The summed E-state index contributed by atoms with van der Waals surface area (Å²) in [6, 6.07) is 4.02. The molecule has 13 heteroatoms. The first-order chi connectivity index (χ1) is 17.4. The summed E-state index contributed by atoms with van der Waals surface area (Å²) >= 11 is 5.52. The quantitative estimate of drug-likeness (QED) is 0.293. The number of carbonyl (C=O) groups is 2. The van der Waals surface area contributed by atoms with E-state index in [0.29, 0.717) is 69.3 Å². The van der Waals surface area contributed by atoms with Crippen LogP contribution in [0, 0.1) is 0 Å². The van der Waals surface area contributed by atoms with Gasteiger partial charge in [-0.25, -0.2) is 0 Å². The molecular weight excluding hydrogens is 624 g/mol. The van der Waals surface area contributed by atoms with Crippen LogP contribution in [-0.4, -0.2) is 114 Å². The van der Waals surface area contributed by atoms with E-state index in [4.69, 9.17) is 41.0 Å². The number of allylic oxidation sites excluding steroid dienone is 2. The van der Waals surface area contributed by atoms with E-state index in [0.717, 1.165) is 26.1 Å².